The lowest BCUT2D eigenvalue weighted by atomic mass is 10.1. The molecule has 1 heterocycles. The number of nitrogens with zero attached hydrogens (tertiary/aromatic N) is 1. The first-order chi connectivity index (χ1) is 10.7. The molecule has 22 heavy (non-hydrogen) atoms. The van der Waals surface area contributed by atoms with Crippen molar-refractivity contribution in [2.45, 2.75) is 13.0 Å². The molecule has 0 aliphatic heterocycles. The van der Waals surface area contributed by atoms with E-state index in [9.17, 15) is 9.18 Å². The summed E-state index contributed by atoms with van der Waals surface area (Å²) in [6, 6.07) is 13.8. The second-order valence-corrected chi connectivity index (χ2v) is 4.98. The lowest BCUT2D eigenvalue weighted by Crippen LogP contribution is -1.96. The fraction of sp³-hybridized carbons (Fsp3) is 0.111. The Hall–Kier alpha value is -2.75. The van der Waals surface area contributed by atoms with Crippen LogP contribution in [-0.2, 0) is 17.8 Å². The normalized spacial score (nSPS) is 10.6. The van der Waals surface area contributed by atoms with Gasteiger partial charge in [0, 0.05) is 24.1 Å². The average molecular weight is 295 g/mol. The number of aldehydes is 1. The minimum atomic E-state index is -0.259. The predicted molar refractivity (Wildman–Crippen MR) is 82.2 cm³/mol. The lowest BCUT2D eigenvalue weighted by Gasteiger charge is -2.07. The van der Waals surface area contributed by atoms with Gasteiger partial charge in [0.15, 0.2) is 0 Å². The minimum Gasteiger partial charge on any atom is -0.489 e. The number of rotatable bonds is 5. The summed E-state index contributed by atoms with van der Waals surface area (Å²) in [6.45, 7) is 0.370. The first-order valence-corrected chi connectivity index (χ1v) is 6.94. The van der Waals surface area contributed by atoms with E-state index in [0.717, 1.165) is 28.3 Å². The molecule has 3 rings (SSSR count). The van der Waals surface area contributed by atoms with Crippen LogP contribution in [0, 0.1) is 5.82 Å². The smallest absolute Gasteiger partial charge is 0.124 e. The van der Waals surface area contributed by atoms with Gasteiger partial charge in [0.1, 0.15) is 24.5 Å². The maximum atomic E-state index is 12.8. The highest BCUT2D eigenvalue weighted by molar-refractivity contribution is 5.81. The third-order valence-corrected chi connectivity index (χ3v) is 3.35. The van der Waals surface area contributed by atoms with Crippen LogP contribution in [0.25, 0.3) is 10.9 Å². The van der Waals surface area contributed by atoms with Crippen LogP contribution in [0.4, 0.5) is 4.39 Å². The molecule has 3 nitrogen and oxygen atoms in total. The molecule has 0 aliphatic carbocycles. The van der Waals surface area contributed by atoms with E-state index in [0.29, 0.717) is 18.8 Å². The number of hydrogen-bond donors (Lipinski definition) is 0. The molecular formula is C18H14FNO2. The van der Waals surface area contributed by atoms with Gasteiger partial charge in [-0.15, -0.1) is 0 Å². The first-order valence-electron chi connectivity index (χ1n) is 6.94. The van der Waals surface area contributed by atoms with Crippen LogP contribution >= 0.6 is 0 Å². The monoisotopic (exact) mass is 295 g/mol. The van der Waals surface area contributed by atoms with Crippen molar-refractivity contribution in [2.24, 2.45) is 0 Å². The summed E-state index contributed by atoms with van der Waals surface area (Å²) in [5.41, 5.74) is 2.60. The Bertz CT molecular complexity index is 800. The highest BCUT2D eigenvalue weighted by Crippen LogP contribution is 2.21. The van der Waals surface area contributed by atoms with Crippen molar-refractivity contribution < 1.29 is 13.9 Å². The molecule has 0 spiro atoms. The van der Waals surface area contributed by atoms with Gasteiger partial charge in [0.25, 0.3) is 0 Å². The Labute approximate surface area is 127 Å². The summed E-state index contributed by atoms with van der Waals surface area (Å²) in [6.07, 6.45) is 2.93. The Morgan fingerprint density at radius 1 is 1.05 bits per heavy atom. The van der Waals surface area contributed by atoms with Gasteiger partial charge in [-0.05, 0) is 41.5 Å². The van der Waals surface area contributed by atoms with Gasteiger partial charge in [0.2, 0.25) is 0 Å². The van der Waals surface area contributed by atoms with Gasteiger partial charge in [0.05, 0.1) is 5.52 Å². The van der Waals surface area contributed by atoms with Crippen LogP contribution in [0.5, 0.6) is 5.75 Å². The molecule has 0 radical (unpaired) electrons. The molecule has 110 valence electrons. The molecule has 0 fully saturated rings. The van der Waals surface area contributed by atoms with E-state index in [4.69, 9.17) is 4.74 Å². The van der Waals surface area contributed by atoms with Crippen LogP contribution in [-0.4, -0.2) is 11.3 Å². The third kappa shape index (κ3) is 3.28. The zero-order chi connectivity index (χ0) is 15.4. The number of ether oxygens (including phenoxy) is 1. The van der Waals surface area contributed by atoms with E-state index in [-0.39, 0.29) is 5.82 Å². The summed E-state index contributed by atoms with van der Waals surface area (Å²) in [7, 11) is 0. The fourth-order valence-corrected chi connectivity index (χ4v) is 2.19. The SMILES string of the molecule is O=CCc1cnc2cc(OCc3ccc(F)cc3)ccc2c1. The fourth-order valence-electron chi connectivity index (χ4n) is 2.19. The Morgan fingerprint density at radius 2 is 1.86 bits per heavy atom. The topological polar surface area (TPSA) is 39.2 Å². The molecule has 3 aromatic rings. The average Bonchev–Trinajstić information content (AvgIpc) is 2.54. The van der Waals surface area contributed by atoms with Crippen LogP contribution in [0.3, 0.4) is 0 Å². The summed E-state index contributed by atoms with van der Waals surface area (Å²) < 4.78 is 18.5. The van der Waals surface area contributed by atoms with Gasteiger partial charge in [-0.3, -0.25) is 4.98 Å². The summed E-state index contributed by atoms with van der Waals surface area (Å²) in [5.74, 6) is 0.442. The summed E-state index contributed by atoms with van der Waals surface area (Å²) >= 11 is 0. The molecule has 1 aromatic heterocycles. The largest absolute Gasteiger partial charge is 0.489 e. The van der Waals surface area contributed by atoms with Gasteiger partial charge >= 0.3 is 0 Å². The van der Waals surface area contributed by atoms with Crippen LogP contribution in [0.2, 0.25) is 0 Å². The molecule has 2 aromatic carbocycles. The second-order valence-electron chi connectivity index (χ2n) is 4.98. The van der Waals surface area contributed by atoms with Crippen LogP contribution in [0.15, 0.2) is 54.7 Å². The number of hydrogen-bond acceptors (Lipinski definition) is 3. The lowest BCUT2D eigenvalue weighted by molar-refractivity contribution is -0.107. The van der Waals surface area contributed by atoms with E-state index >= 15 is 0 Å². The van der Waals surface area contributed by atoms with Crippen molar-refractivity contribution in [3.8, 4) is 5.75 Å². The summed E-state index contributed by atoms with van der Waals surface area (Å²) in [4.78, 5) is 14.9. The van der Waals surface area contributed by atoms with E-state index in [1.165, 1.54) is 12.1 Å². The Morgan fingerprint density at radius 3 is 2.64 bits per heavy atom. The predicted octanol–water partition coefficient (Wildman–Crippen LogP) is 3.69. The zero-order valence-corrected chi connectivity index (χ0v) is 11.8. The van der Waals surface area contributed by atoms with Crippen molar-refractivity contribution in [3.63, 3.8) is 0 Å². The molecule has 0 atom stereocenters. The quantitative estimate of drug-likeness (QED) is 0.674. The molecule has 0 aliphatic rings. The van der Waals surface area contributed by atoms with E-state index in [2.05, 4.69) is 4.98 Å². The number of aromatic nitrogens is 1. The van der Waals surface area contributed by atoms with Crippen molar-refractivity contribution in [2.75, 3.05) is 0 Å². The van der Waals surface area contributed by atoms with Crippen molar-refractivity contribution in [1.29, 1.82) is 0 Å². The van der Waals surface area contributed by atoms with Crippen LogP contribution < -0.4 is 4.74 Å². The minimum absolute atomic E-state index is 0.259. The molecule has 0 unspecified atom stereocenters. The molecule has 4 heteroatoms. The number of carbonyl (C=O) groups excluding carboxylic acids is 1. The van der Waals surface area contributed by atoms with Gasteiger partial charge in [-0.2, -0.15) is 0 Å². The maximum Gasteiger partial charge on any atom is 0.124 e. The third-order valence-electron chi connectivity index (χ3n) is 3.35. The number of fused-ring (bicyclic) bond motifs is 1. The molecule has 0 saturated carbocycles. The second kappa shape index (κ2) is 6.35. The molecule has 0 amide bonds. The van der Waals surface area contributed by atoms with Crippen molar-refractivity contribution in [3.05, 3.63) is 71.7 Å². The van der Waals surface area contributed by atoms with E-state index in [1.807, 2.05) is 24.3 Å². The van der Waals surface area contributed by atoms with Gasteiger partial charge in [-0.25, -0.2) is 4.39 Å². The van der Waals surface area contributed by atoms with Crippen LogP contribution in [0.1, 0.15) is 11.1 Å². The maximum absolute atomic E-state index is 12.8. The van der Waals surface area contributed by atoms with Gasteiger partial charge in [-0.1, -0.05) is 12.1 Å². The zero-order valence-electron chi connectivity index (χ0n) is 11.8. The molecule has 0 saturated heterocycles. The number of pyridine rings is 1. The first kappa shape index (κ1) is 14.2. The van der Waals surface area contributed by atoms with Crippen molar-refractivity contribution in [1.82, 2.24) is 4.98 Å². The van der Waals surface area contributed by atoms with E-state index < -0.39 is 0 Å². The van der Waals surface area contributed by atoms with Crippen molar-refractivity contribution >= 4 is 17.2 Å². The Balaban J connectivity index is 1.75. The molecule has 0 bridgehead atoms. The number of halogens is 1. The highest BCUT2D eigenvalue weighted by atomic mass is 19.1. The molecular weight excluding hydrogens is 281 g/mol. The van der Waals surface area contributed by atoms with E-state index in [1.54, 1.807) is 18.3 Å². The highest BCUT2D eigenvalue weighted by Gasteiger charge is 2.02. The number of carbonyl (C=O) groups is 1. The van der Waals surface area contributed by atoms with Gasteiger partial charge < -0.3 is 9.53 Å². The summed E-state index contributed by atoms with van der Waals surface area (Å²) in [5, 5.41) is 0.966. The Kier molecular flexibility index (Phi) is 4.10. The number of benzene rings is 2. The standard InChI is InChI=1S/C18H14FNO2/c19-16-4-1-13(2-5-16)12-22-17-6-3-15-9-14(7-8-21)11-20-18(15)10-17/h1-6,8-11H,7,12H2. The molecule has 0 N–H and O–H groups in total.